The van der Waals surface area contributed by atoms with Crippen LogP contribution in [0, 0.1) is 5.82 Å². The smallest absolute Gasteiger partial charge is 0.337 e. The molecule has 0 aromatic heterocycles. The summed E-state index contributed by atoms with van der Waals surface area (Å²) in [4.78, 5) is 11.3. The number of benzene rings is 2. The van der Waals surface area contributed by atoms with Gasteiger partial charge in [0, 0.05) is 15.7 Å². The second-order valence-corrected chi connectivity index (χ2v) is 5.52. The van der Waals surface area contributed by atoms with Crippen LogP contribution >= 0.6 is 15.9 Å². The Morgan fingerprint density at radius 3 is 2.48 bits per heavy atom. The molecular formula is C16H15BrFNO2. The fourth-order valence-corrected chi connectivity index (χ4v) is 2.33. The number of anilines is 1. The summed E-state index contributed by atoms with van der Waals surface area (Å²) in [6.45, 7) is 1.88. The molecule has 2 aromatic rings. The molecule has 0 aliphatic rings. The van der Waals surface area contributed by atoms with E-state index in [-0.39, 0.29) is 17.8 Å². The van der Waals surface area contributed by atoms with Crippen LogP contribution in [-0.4, -0.2) is 13.1 Å². The third-order valence-electron chi connectivity index (χ3n) is 3.12. The van der Waals surface area contributed by atoms with Gasteiger partial charge in [-0.2, -0.15) is 0 Å². The number of carbonyl (C=O) groups excluding carboxylic acids is 1. The molecule has 0 radical (unpaired) electrons. The maximum absolute atomic E-state index is 13.9. The second-order valence-electron chi connectivity index (χ2n) is 4.60. The van der Waals surface area contributed by atoms with E-state index in [1.165, 1.54) is 13.2 Å². The Labute approximate surface area is 131 Å². The summed E-state index contributed by atoms with van der Waals surface area (Å²) in [6.07, 6.45) is 0. The van der Waals surface area contributed by atoms with Crippen molar-refractivity contribution in [1.29, 1.82) is 0 Å². The third-order valence-corrected chi connectivity index (χ3v) is 3.61. The molecule has 0 aliphatic heterocycles. The Balaban J connectivity index is 2.12. The van der Waals surface area contributed by atoms with E-state index in [4.69, 9.17) is 0 Å². The van der Waals surface area contributed by atoms with Crippen LogP contribution in [0.25, 0.3) is 0 Å². The quantitative estimate of drug-likeness (QED) is 0.821. The maximum atomic E-state index is 13.9. The molecule has 5 heteroatoms. The van der Waals surface area contributed by atoms with Crippen LogP contribution in [0.4, 0.5) is 10.1 Å². The Kier molecular flexibility index (Phi) is 4.96. The number of methoxy groups -OCH3 is 1. The van der Waals surface area contributed by atoms with Gasteiger partial charge in [0.15, 0.2) is 0 Å². The Morgan fingerprint density at radius 2 is 1.90 bits per heavy atom. The minimum absolute atomic E-state index is 0.193. The molecule has 0 heterocycles. The summed E-state index contributed by atoms with van der Waals surface area (Å²) < 4.78 is 19.2. The lowest BCUT2D eigenvalue weighted by atomic mass is 10.1. The molecule has 0 spiro atoms. The van der Waals surface area contributed by atoms with E-state index in [1.54, 1.807) is 36.4 Å². The van der Waals surface area contributed by atoms with Gasteiger partial charge < -0.3 is 10.1 Å². The first kappa shape index (κ1) is 15.5. The van der Waals surface area contributed by atoms with Gasteiger partial charge in [0.25, 0.3) is 0 Å². The van der Waals surface area contributed by atoms with Gasteiger partial charge in [-0.1, -0.05) is 22.0 Å². The number of hydrogen-bond acceptors (Lipinski definition) is 3. The number of nitrogens with one attached hydrogen (secondary N) is 1. The zero-order chi connectivity index (χ0) is 15.4. The zero-order valence-corrected chi connectivity index (χ0v) is 13.3. The highest BCUT2D eigenvalue weighted by Gasteiger charge is 2.11. The number of hydrogen-bond donors (Lipinski definition) is 1. The van der Waals surface area contributed by atoms with E-state index >= 15 is 0 Å². The standard InChI is InChI=1S/C16H15BrFNO2/c1-10(14-8-5-12(17)9-15(14)18)19-13-6-3-11(4-7-13)16(20)21-2/h3-10,19H,1-2H3. The van der Waals surface area contributed by atoms with Crippen molar-refractivity contribution >= 4 is 27.6 Å². The molecule has 1 N–H and O–H groups in total. The van der Waals surface area contributed by atoms with E-state index in [0.717, 1.165) is 5.69 Å². The lowest BCUT2D eigenvalue weighted by molar-refractivity contribution is 0.0601. The Morgan fingerprint density at radius 1 is 1.24 bits per heavy atom. The highest BCUT2D eigenvalue weighted by molar-refractivity contribution is 9.10. The average molecular weight is 352 g/mol. The molecule has 1 unspecified atom stereocenters. The predicted molar refractivity (Wildman–Crippen MR) is 83.9 cm³/mol. The number of esters is 1. The van der Waals surface area contributed by atoms with Crippen molar-refractivity contribution in [2.45, 2.75) is 13.0 Å². The SMILES string of the molecule is COC(=O)c1ccc(NC(C)c2ccc(Br)cc2F)cc1. The van der Waals surface area contributed by atoms with E-state index in [9.17, 15) is 9.18 Å². The molecule has 0 saturated heterocycles. The van der Waals surface area contributed by atoms with Gasteiger partial charge in [-0.05, 0) is 43.3 Å². The zero-order valence-electron chi connectivity index (χ0n) is 11.7. The normalized spacial score (nSPS) is 11.8. The summed E-state index contributed by atoms with van der Waals surface area (Å²) in [5, 5.41) is 3.20. The van der Waals surface area contributed by atoms with Crippen molar-refractivity contribution in [3.05, 3.63) is 63.9 Å². The summed E-state index contributed by atoms with van der Waals surface area (Å²) in [5.74, 6) is -0.649. The number of ether oxygens (including phenoxy) is 1. The molecule has 0 aliphatic carbocycles. The molecule has 21 heavy (non-hydrogen) atoms. The molecule has 1 atom stereocenters. The van der Waals surface area contributed by atoms with Crippen molar-refractivity contribution in [1.82, 2.24) is 0 Å². The first-order valence-corrected chi connectivity index (χ1v) is 7.20. The lowest BCUT2D eigenvalue weighted by Gasteiger charge is -2.16. The predicted octanol–water partition coefficient (Wildman–Crippen LogP) is 4.55. The van der Waals surface area contributed by atoms with E-state index in [0.29, 0.717) is 15.6 Å². The molecule has 0 amide bonds. The van der Waals surface area contributed by atoms with Crippen LogP contribution in [0.1, 0.15) is 28.9 Å². The van der Waals surface area contributed by atoms with Crippen LogP contribution in [0.3, 0.4) is 0 Å². The highest BCUT2D eigenvalue weighted by Crippen LogP contribution is 2.24. The first-order valence-electron chi connectivity index (χ1n) is 6.41. The van der Waals surface area contributed by atoms with Crippen molar-refractivity contribution in [2.75, 3.05) is 12.4 Å². The van der Waals surface area contributed by atoms with Crippen molar-refractivity contribution < 1.29 is 13.9 Å². The number of rotatable bonds is 4. The van der Waals surface area contributed by atoms with Crippen LogP contribution in [0.5, 0.6) is 0 Å². The van der Waals surface area contributed by atoms with Crippen molar-refractivity contribution in [3.8, 4) is 0 Å². The average Bonchev–Trinajstić information content (AvgIpc) is 2.47. The fourth-order valence-electron chi connectivity index (χ4n) is 2.00. The minimum atomic E-state index is -0.381. The van der Waals surface area contributed by atoms with Crippen LogP contribution in [0.2, 0.25) is 0 Å². The summed E-state index contributed by atoms with van der Waals surface area (Å²) in [6, 6.07) is 11.6. The van der Waals surface area contributed by atoms with Gasteiger partial charge in [-0.15, -0.1) is 0 Å². The molecule has 0 fully saturated rings. The molecule has 0 bridgehead atoms. The summed E-state index contributed by atoms with van der Waals surface area (Å²) in [5.41, 5.74) is 1.86. The van der Waals surface area contributed by atoms with E-state index < -0.39 is 0 Å². The molecule has 2 rings (SSSR count). The van der Waals surface area contributed by atoms with Gasteiger partial charge in [0.1, 0.15) is 5.82 Å². The monoisotopic (exact) mass is 351 g/mol. The van der Waals surface area contributed by atoms with E-state index in [2.05, 4.69) is 26.0 Å². The molecule has 0 saturated carbocycles. The molecule has 2 aromatic carbocycles. The fraction of sp³-hybridized carbons (Fsp3) is 0.188. The van der Waals surface area contributed by atoms with Crippen LogP contribution < -0.4 is 5.32 Å². The molecular weight excluding hydrogens is 337 g/mol. The van der Waals surface area contributed by atoms with Gasteiger partial charge in [-0.3, -0.25) is 0 Å². The first-order chi connectivity index (χ1) is 10.0. The van der Waals surface area contributed by atoms with Gasteiger partial charge >= 0.3 is 5.97 Å². The minimum Gasteiger partial charge on any atom is -0.465 e. The van der Waals surface area contributed by atoms with E-state index in [1.807, 2.05) is 6.92 Å². The molecule has 3 nitrogen and oxygen atoms in total. The summed E-state index contributed by atoms with van der Waals surface area (Å²) >= 11 is 3.24. The van der Waals surface area contributed by atoms with Crippen molar-refractivity contribution in [2.24, 2.45) is 0 Å². The van der Waals surface area contributed by atoms with Crippen LogP contribution in [-0.2, 0) is 4.74 Å². The van der Waals surface area contributed by atoms with Crippen LogP contribution in [0.15, 0.2) is 46.9 Å². The lowest BCUT2D eigenvalue weighted by Crippen LogP contribution is -2.09. The maximum Gasteiger partial charge on any atom is 0.337 e. The molecule has 110 valence electrons. The topological polar surface area (TPSA) is 38.3 Å². The Hall–Kier alpha value is -1.88. The number of carbonyl (C=O) groups is 1. The van der Waals surface area contributed by atoms with Gasteiger partial charge in [0.05, 0.1) is 18.7 Å². The van der Waals surface area contributed by atoms with Crippen molar-refractivity contribution in [3.63, 3.8) is 0 Å². The van der Waals surface area contributed by atoms with Gasteiger partial charge in [0.2, 0.25) is 0 Å². The third kappa shape index (κ3) is 3.82. The largest absolute Gasteiger partial charge is 0.465 e. The highest BCUT2D eigenvalue weighted by atomic mass is 79.9. The summed E-state index contributed by atoms with van der Waals surface area (Å²) in [7, 11) is 1.34. The second kappa shape index (κ2) is 6.72. The number of halogens is 2. The van der Waals surface area contributed by atoms with Gasteiger partial charge in [-0.25, -0.2) is 9.18 Å². The Bertz CT molecular complexity index is 643.